The second kappa shape index (κ2) is 6.42. The third kappa shape index (κ3) is 3.57. The van der Waals surface area contributed by atoms with Gasteiger partial charge in [0, 0.05) is 30.0 Å². The topological polar surface area (TPSA) is 50.7 Å². The van der Waals surface area contributed by atoms with Gasteiger partial charge in [0.25, 0.3) is 0 Å². The first-order valence-electron chi connectivity index (χ1n) is 5.82. The SMILES string of the molecule is CCCCNCc1cnc(-c2cnccn2)s1. The summed E-state index contributed by atoms with van der Waals surface area (Å²) < 4.78 is 0. The molecule has 0 aromatic carbocycles. The van der Waals surface area contributed by atoms with Crippen LogP contribution < -0.4 is 5.32 Å². The number of unbranched alkanes of at least 4 members (excludes halogenated alkanes) is 1. The van der Waals surface area contributed by atoms with E-state index in [0.29, 0.717) is 0 Å². The maximum atomic E-state index is 4.36. The Morgan fingerprint density at radius 2 is 2.18 bits per heavy atom. The molecule has 1 N–H and O–H groups in total. The van der Waals surface area contributed by atoms with E-state index in [4.69, 9.17) is 0 Å². The molecular formula is C12H16N4S. The number of thiazole rings is 1. The Kier molecular flexibility index (Phi) is 4.58. The number of hydrogen-bond acceptors (Lipinski definition) is 5. The van der Waals surface area contributed by atoms with Crippen LogP contribution >= 0.6 is 11.3 Å². The number of nitrogens with one attached hydrogen (secondary N) is 1. The minimum absolute atomic E-state index is 0.845. The van der Waals surface area contributed by atoms with Crippen LogP contribution in [0.3, 0.4) is 0 Å². The highest BCUT2D eigenvalue weighted by atomic mass is 32.1. The van der Waals surface area contributed by atoms with Gasteiger partial charge >= 0.3 is 0 Å². The molecule has 5 heteroatoms. The van der Waals surface area contributed by atoms with Crippen molar-refractivity contribution >= 4 is 11.3 Å². The molecular weight excluding hydrogens is 232 g/mol. The molecule has 0 aliphatic heterocycles. The van der Waals surface area contributed by atoms with Crippen molar-refractivity contribution in [2.75, 3.05) is 6.54 Å². The van der Waals surface area contributed by atoms with E-state index >= 15 is 0 Å². The predicted octanol–water partition coefficient (Wildman–Crippen LogP) is 2.49. The van der Waals surface area contributed by atoms with E-state index in [-0.39, 0.29) is 0 Å². The summed E-state index contributed by atoms with van der Waals surface area (Å²) in [4.78, 5) is 13.9. The fourth-order valence-electron chi connectivity index (χ4n) is 1.43. The molecule has 0 aliphatic rings. The highest BCUT2D eigenvalue weighted by Crippen LogP contribution is 2.22. The van der Waals surface area contributed by atoms with Gasteiger partial charge in [-0.2, -0.15) is 0 Å². The molecule has 0 radical (unpaired) electrons. The predicted molar refractivity (Wildman–Crippen MR) is 69.8 cm³/mol. The maximum absolute atomic E-state index is 4.36. The second-order valence-corrected chi connectivity index (χ2v) is 4.87. The van der Waals surface area contributed by atoms with Crippen molar-refractivity contribution in [3.63, 3.8) is 0 Å². The van der Waals surface area contributed by atoms with Gasteiger partial charge in [-0.25, -0.2) is 4.98 Å². The maximum Gasteiger partial charge on any atom is 0.143 e. The zero-order chi connectivity index (χ0) is 11.9. The lowest BCUT2D eigenvalue weighted by molar-refractivity contribution is 0.645. The molecule has 0 unspecified atom stereocenters. The molecule has 0 spiro atoms. The molecule has 0 amide bonds. The summed E-state index contributed by atoms with van der Waals surface area (Å²) in [5, 5.41) is 4.34. The first kappa shape index (κ1) is 12.1. The second-order valence-electron chi connectivity index (χ2n) is 3.75. The zero-order valence-electron chi connectivity index (χ0n) is 9.89. The highest BCUT2D eigenvalue weighted by Gasteiger charge is 2.05. The first-order chi connectivity index (χ1) is 8.40. The van der Waals surface area contributed by atoms with E-state index in [9.17, 15) is 0 Å². The molecule has 4 nitrogen and oxygen atoms in total. The highest BCUT2D eigenvalue weighted by molar-refractivity contribution is 7.14. The molecule has 2 rings (SSSR count). The summed E-state index contributed by atoms with van der Waals surface area (Å²) in [6, 6.07) is 0. The van der Waals surface area contributed by atoms with Crippen LogP contribution in [0.1, 0.15) is 24.6 Å². The molecule has 90 valence electrons. The Morgan fingerprint density at radius 3 is 2.94 bits per heavy atom. The van der Waals surface area contributed by atoms with E-state index < -0.39 is 0 Å². The van der Waals surface area contributed by atoms with Gasteiger partial charge in [-0.05, 0) is 13.0 Å². The molecule has 2 heterocycles. The van der Waals surface area contributed by atoms with E-state index in [1.54, 1.807) is 29.9 Å². The standard InChI is InChI=1S/C12H16N4S/c1-2-3-4-13-7-10-8-16-12(17-10)11-9-14-5-6-15-11/h5-6,8-9,13H,2-4,7H2,1H3. The van der Waals surface area contributed by atoms with Gasteiger partial charge in [0.05, 0.1) is 6.20 Å². The Hall–Kier alpha value is -1.33. The minimum Gasteiger partial charge on any atom is -0.312 e. The molecule has 2 aromatic heterocycles. The van der Waals surface area contributed by atoms with Crippen molar-refractivity contribution < 1.29 is 0 Å². The van der Waals surface area contributed by atoms with Crippen molar-refractivity contribution in [1.82, 2.24) is 20.3 Å². The monoisotopic (exact) mass is 248 g/mol. The van der Waals surface area contributed by atoms with Gasteiger partial charge in [-0.1, -0.05) is 13.3 Å². The lowest BCUT2D eigenvalue weighted by atomic mass is 10.3. The number of nitrogens with zero attached hydrogens (tertiary/aromatic N) is 3. The Labute approximate surface area is 105 Å². The Balaban J connectivity index is 1.92. The van der Waals surface area contributed by atoms with Crippen LogP contribution in [0.15, 0.2) is 24.8 Å². The third-order valence-corrected chi connectivity index (χ3v) is 3.36. The fourth-order valence-corrected chi connectivity index (χ4v) is 2.27. The number of aromatic nitrogens is 3. The molecule has 0 fully saturated rings. The zero-order valence-corrected chi connectivity index (χ0v) is 10.7. The average Bonchev–Trinajstić information content (AvgIpc) is 2.85. The quantitative estimate of drug-likeness (QED) is 0.798. The van der Waals surface area contributed by atoms with Crippen LogP contribution in [0, 0.1) is 0 Å². The van der Waals surface area contributed by atoms with E-state index in [1.165, 1.54) is 17.7 Å². The van der Waals surface area contributed by atoms with Crippen LogP contribution in [-0.4, -0.2) is 21.5 Å². The van der Waals surface area contributed by atoms with Crippen LogP contribution in [-0.2, 0) is 6.54 Å². The Bertz CT molecular complexity index is 441. The lowest BCUT2D eigenvalue weighted by Crippen LogP contribution is -2.13. The van der Waals surface area contributed by atoms with Crippen LogP contribution in [0.2, 0.25) is 0 Å². The lowest BCUT2D eigenvalue weighted by Gasteiger charge is -1.99. The number of hydrogen-bond donors (Lipinski definition) is 1. The van der Waals surface area contributed by atoms with Crippen LogP contribution in [0.4, 0.5) is 0 Å². The van der Waals surface area contributed by atoms with E-state index in [1.807, 2.05) is 6.20 Å². The van der Waals surface area contributed by atoms with Gasteiger partial charge in [0.1, 0.15) is 10.7 Å². The Morgan fingerprint density at radius 1 is 1.24 bits per heavy atom. The van der Waals surface area contributed by atoms with E-state index in [0.717, 1.165) is 23.8 Å². The average molecular weight is 248 g/mol. The van der Waals surface area contributed by atoms with Crippen LogP contribution in [0.25, 0.3) is 10.7 Å². The first-order valence-corrected chi connectivity index (χ1v) is 6.63. The molecule has 2 aromatic rings. The van der Waals surface area contributed by atoms with Gasteiger partial charge in [-0.3, -0.25) is 9.97 Å². The van der Waals surface area contributed by atoms with Gasteiger partial charge in [0.2, 0.25) is 0 Å². The third-order valence-electron chi connectivity index (χ3n) is 2.34. The molecule has 0 atom stereocenters. The molecule has 0 saturated carbocycles. The van der Waals surface area contributed by atoms with Crippen molar-refractivity contribution in [1.29, 1.82) is 0 Å². The van der Waals surface area contributed by atoms with Crippen molar-refractivity contribution in [3.8, 4) is 10.7 Å². The summed E-state index contributed by atoms with van der Waals surface area (Å²) in [6.07, 6.45) is 9.46. The number of rotatable bonds is 6. The molecule has 0 bridgehead atoms. The summed E-state index contributed by atoms with van der Waals surface area (Å²) in [5.74, 6) is 0. The molecule has 17 heavy (non-hydrogen) atoms. The van der Waals surface area contributed by atoms with E-state index in [2.05, 4.69) is 27.2 Å². The molecule has 0 aliphatic carbocycles. The summed E-state index contributed by atoms with van der Waals surface area (Å²) in [5.41, 5.74) is 0.845. The van der Waals surface area contributed by atoms with Crippen molar-refractivity contribution in [3.05, 3.63) is 29.7 Å². The van der Waals surface area contributed by atoms with Crippen molar-refractivity contribution in [2.24, 2.45) is 0 Å². The van der Waals surface area contributed by atoms with Gasteiger partial charge in [-0.15, -0.1) is 11.3 Å². The largest absolute Gasteiger partial charge is 0.312 e. The minimum atomic E-state index is 0.845. The fraction of sp³-hybridized carbons (Fsp3) is 0.417. The summed E-state index contributed by atoms with van der Waals surface area (Å²) >= 11 is 1.67. The van der Waals surface area contributed by atoms with Gasteiger partial charge < -0.3 is 5.32 Å². The van der Waals surface area contributed by atoms with Crippen molar-refractivity contribution in [2.45, 2.75) is 26.3 Å². The normalized spacial score (nSPS) is 10.6. The van der Waals surface area contributed by atoms with Crippen LogP contribution in [0.5, 0.6) is 0 Å². The molecule has 0 saturated heterocycles. The summed E-state index contributed by atoms with van der Waals surface area (Å²) in [6.45, 7) is 4.15. The smallest absolute Gasteiger partial charge is 0.143 e. The van der Waals surface area contributed by atoms with Gasteiger partial charge in [0.15, 0.2) is 0 Å². The summed E-state index contributed by atoms with van der Waals surface area (Å²) in [7, 11) is 0.